The zero-order valence-corrected chi connectivity index (χ0v) is 8.54. The predicted octanol–water partition coefficient (Wildman–Crippen LogP) is 2.86. The molecule has 2 nitrogen and oxygen atoms in total. The van der Waals surface area contributed by atoms with E-state index < -0.39 is 0 Å². The fourth-order valence-corrected chi connectivity index (χ4v) is 1.37. The number of halogens is 1. The van der Waals surface area contributed by atoms with Crippen LogP contribution in [-0.2, 0) is 0 Å². The third-order valence-electron chi connectivity index (χ3n) is 1.88. The summed E-state index contributed by atoms with van der Waals surface area (Å²) in [5.74, 6) is 0.779. The summed E-state index contributed by atoms with van der Waals surface area (Å²) in [6.45, 7) is 0. The van der Waals surface area contributed by atoms with Crippen LogP contribution in [0.2, 0.25) is 0 Å². The minimum Gasteiger partial charge on any atom is -0.489 e. The van der Waals surface area contributed by atoms with Gasteiger partial charge >= 0.3 is 0 Å². The molecular weight excluding hydrogens is 230 g/mol. The summed E-state index contributed by atoms with van der Waals surface area (Å²) < 4.78 is 6.52. The third kappa shape index (κ3) is 2.02. The van der Waals surface area contributed by atoms with Crippen LogP contribution in [0.15, 0.2) is 22.7 Å². The van der Waals surface area contributed by atoms with Gasteiger partial charge in [0, 0.05) is 0 Å². The average Bonchev–Trinajstić information content (AvgIpc) is 2.93. The lowest BCUT2D eigenvalue weighted by Crippen LogP contribution is -1.96. The van der Waals surface area contributed by atoms with Gasteiger partial charge in [-0.3, -0.25) is 0 Å². The SMILES string of the molecule is N#Cc1ccc(Br)c(OC2CC2)c1. The highest BCUT2D eigenvalue weighted by Gasteiger charge is 2.24. The Hall–Kier alpha value is -1.01. The van der Waals surface area contributed by atoms with E-state index in [1.807, 2.05) is 6.07 Å². The molecule has 0 radical (unpaired) electrons. The quantitative estimate of drug-likeness (QED) is 0.793. The van der Waals surface area contributed by atoms with E-state index in [2.05, 4.69) is 22.0 Å². The molecule has 0 spiro atoms. The van der Waals surface area contributed by atoms with Gasteiger partial charge in [-0.25, -0.2) is 0 Å². The van der Waals surface area contributed by atoms with Crippen LogP contribution in [-0.4, -0.2) is 6.10 Å². The topological polar surface area (TPSA) is 33.0 Å². The Labute approximate surface area is 85.3 Å². The summed E-state index contributed by atoms with van der Waals surface area (Å²) in [5, 5.41) is 8.68. The molecule has 66 valence electrons. The van der Waals surface area contributed by atoms with Crippen LogP contribution in [0.3, 0.4) is 0 Å². The molecule has 0 amide bonds. The Morgan fingerprint density at radius 2 is 2.23 bits per heavy atom. The van der Waals surface area contributed by atoms with Crippen LogP contribution < -0.4 is 4.74 Å². The minimum atomic E-state index is 0.366. The lowest BCUT2D eigenvalue weighted by Gasteiger charge is -2.06. The summed E-state index contributed by atoms with van der Waals surface area (Å²) in [5.41, 5.74) is 0.638. The predicted molar refractivity (Wildman–Crippen MR) is 52.5 cm³/mol. The van der Waals surface area contributed by atoms with Gasteiger partial charge in [-0.15, -0.1) is 0 Å². The summed E-state index contributed by atoms with van der Waals surface area (Å²) >= 11 is 3.38. The van der Waals surface area contributed by atoms with Crippen molar-refractivity contribution in [2.24, 2.45) is 0 Å². The molecule has 0 N–H and O–H groups in total. The maximum atomic E-state index is 8.68. The van der Waals surface area contributed by atoms with Crippen LogP contribution in [0.25, 0.3) is 0 Å². The van der Waals surface area contributed by atoms with E-state index in [1.54, 1.807) is 12.1 Å². The van der Waals surface area contributed by atoms with Crippen molar-refractivity contribution < 1.29 is 4.74 Å². The summed E-state index contributed by atoms with van der Waals surface area (Å²) in [7, 11) is 0. The van der Waals surface area contributed by atoms with Gasteiger partial charge < -0.3 is 4.74 Å². The lowest BCUT2D eigenvalue weighted by molar-refractivity contribution is 0.301. The van der Waals surface area contributed by atoms with Gasteiger partial charge in [-0.2, -0.15) is 5.26 Å². The molecule has 0 aromatic heterocycles. The molecule has 0 unspecified atom stereocenters. The van der Waals surface area contributed by atoms with Crippen LogP contribution >= 0.6 is 15.9 Å². The molecule has 1 saturated carbocycles. The first kappa shape index (κ1) is 8.58. The zero-order valence-electron chi connectivity index (χ0n) is 6.96. The second-order valence-electron chi connectivity index (χ2n) is 3.07. The van der Waals surface area contributed by atoms with Crippen molar-refractivity contribution in [2.75, 3.05) is 0 Å². The molecule has 0 heterocycles. The highest BCUT2D eigenvalue weighted by Crippen LogP contribution is 2.32. The molecule has 3 heteroatoms. The maximum absolute atomic E-state index is 8.68. The first-order chi connectivity index (χ1) is 6.29. The van der Waals surface area contributed by atoms with Gasteiger partial charge in [0.15, 0.2) is 0 Å². The number of rotatable bonds is 2. The van der Waals surface area contributed by atoms with Crippen molar-refractivity contribution in [3.63, 3.8) is 0 Å². The van der Waals surface area contributed by atoms with Crippen molar-refractivity contribution in [3.8, 4) is 11.8 Å². The molecule has 0 atom stereocenters. The van der Waals surface area contributed by atoms with Crippen LogP contribution in [0.4, 0.5) is 0 Å². The summed E-state index contributed by atoms with van der Waals surface area (Å²) in [4.78, 5) is 0. The van der Waals surface area contributed by atoms with Crippen LogP contribution in [0, 0.1) is 11.3 Å². The largest absolute Gasteiger partial charge is 0.489 e. The Morgan fingerprint density at radius 3 is 2.85 bits per heavy atom. The smallest absolute Gasteiger partial charge is 0.135 e. The van der Waals surface area contributed by atoms with Crippen molar-refractivity contribution >= 4 is 15.9 Å². The Bertz CT molecular complexity index is 366. The second-order valence-corrected chi connectivity index (χ2v) is 3.93. The van der Waals surface area contributed by atoms with Crippen molar-refractivity contribution in [1.29, 1.82) is 5.26 Å². The fourth-order valence-electron chi connectivity index (χ4n) is 1.03. The molecule has 0 saturated heterocycles. The van der Waals surface area contributed by atoms with E-state index in [0.29, 0.717) is 11.7 Å². The van der Waals surface area contributed by atoms with E-state index in [4.69, 9.17) is 10.00 Å². The molecule has 1 aliphatic carbocycles. The molecule has 1 aliphatic rings. The van der Waals surface area contributed by atoms with Gasteiger partial charge in [0.05, 0.1) is 22.2 Å². The number of hydrogen-bond acceptors (Lipinski definition) is 2. The zero-order chi connectivity index (χ0) is 9.26. The van der Waals surface area contributed by atoms with Crippen molar-refractivity contribution in [2.45, 2.75) is 18.9 Å². The molecule has 13 heavy (non-hydrogen) atoms. The first-order valence-corrected chi connectivity index (χ1v) is 4.95. The first-order valence-electron chi connectivity index (χ1n) is 4.16. The van der Waals surface area contributed by atoms with E-state index in [9.17, 15) is 0 Å². The standard InChI is InChI=1S/C10H8BrNO/c11-9-4-1-7(6-12)5-10(9)13-8-2-3-8/h1,4-5,8H,2-3H2. The molecule has 1 aromatic rings. The van der Waals surface area contributed by atoms with Gasteiger partial charge in [0.2, 0.25) is 0 Å². The minimum absolute atomic E-state index is 0.366. The van der Waals surface area contributed by atoms with Gasteiger partial charge in [0.25, 0.3) is 0 Å². The highest BCUT2D eigenvalue weighted by atomic mass is 79.9. The summed E-state index contributed by atoms with van der Waals surface area (Å²) in [6, 6.07) is 7.46. The molecule has 1 aromatic carbocycles. The highest BCUT2D eigenvalue weighted by molar-refractivity contribution is 9.10. The van der Waals surface area contributed by atoms with Crippen molar-refractivity contribution in [3.05, 3.63) is 28.2 Å². The third-order valence-corrected chi connectivity index (χ3v) is 2.53. The number of hydrogen-bond donors (Lipinski definition) is 0. The van der Waals surface area contributed by atoms with Crippen LogP contribution in [0.1, 0.15) is 18.4 Å². The number of benzene rings is 1. The van der Waals surface area contributed by atoms with Gasteiger partial charge in [-0.1, -0.05) is 0 Å². The van der Waals surface area contributed by atoms with E-state index in [1.165, 1.54) is 0 Å². The molecule has 1 fully saturated rings. The number of ether oxygens (including phenoxy) is 1. The van der Waals surface area contributed by atoms with Gasteiger partial charge in [0.1, 0.15) is 5.75 Å². The average molecular weight is 238 g/mol. The Morgan fingerprint density at radius 1 is 1.46 bits per heavy atom. The normalized spacial score (nSPS) is 15.1. The Kier molecular flexibility index (Phi) is 2.24. The monoisotopic (exact) mass is 237 g/mol. The lowest BCUT2D eigenvalue weighted by atomic mass is 10.2. The molecule has 0 bridgehead atoms. The molecule has 0 aliphatic heterocycles. The maximum Gasteiger partial charge on any atom is 0.135 e. The molecular formula is C10H8BrNO. The second kappa shape index (κ2) is 3.39. The van der Waals surface area contributed by atoms with E-state index in [0.717, 1.165) is 23.1 Å². The van der Waals surface area contributed by atoms with E-state index in [-0.39, 0.29) is 0 Å². The summed E-state index contributed by atoms with van der Waals surface area (Å²) in [6.07, 6.45) is 2.62. The van der Waals surface area contributed by atoms with Gasteiger partial charge in [-0.05, 0) is 47.0 Å². The Balaban J connectivity index is 2.25. The fraction of sp³-hybridized carbons (Fsp3) is 0.300. The van der Waals surface area contributed by atoms with Crippen molar-refractivity contribution in [1.82, 2.24) is 0 Å². The van der Waals surface area contributed by atoms with Crippen LogP contribution in [0.5, 0.6) is 5.75 Å². The number of nitrogens with zero attached hydrogens (tertiary/aromatic N) is 1. The van der Waals surface area contributed by atoms with E-state index >= 15 is 0 Å². The number of nitriles is 1. The molecule has 2 rings (SSSR count).